The standard InChI is InChI=1S/C37H39ClN8O4/c1-39-35(49)31(9-5-8-23-6-3-2-4-7-23)43-34(48)30-22-45(33(47)14-24-16-41-32-15-27(38)10-11-28(24)32)19-26-20-46(21-29(26)30)36(50)25-17-42-37-40-12-13-44(37)18-25/h2-4,6-7,10-13,15-18,26,29-31,41H,5,8-9,14,19-22H2,1H3,(H,39,49)(H,43,48)/t26?,29?,30?,31-/m0/s1. The first kappa shape index (κ1) is 33.3. The molecule has 4 amide bonds. The number of likely N-dealkylation sites (tertiary alicyclic amines) is 2. The van der Waals surface area contributed by atoms with E-state index in [1.807, 2.05) is 48.7 Å². The van der Waals surface area contributed by atoms with Crippen LogP contribution in [-0.4, -0.2) is 92.0 Å². The SMILES string of the molecule is CNC(=O)[C@H](CCCc1ccccc1)NC(=O)C1CN(C(=O)Cc2c[nH]c3cc(Cl)ccc23)CC2CN(C(=O)c3cnc4nccn4c3)CC21. The lowest BCUT2D eigenvalue weighted by Gasteiger charge is -2.40. The number of rotatable bonds is 10. The number of carbonyl (C=O) groups is 4. The topological polar surface area (TPSA) is 145 Å². The molecule has 50 heavy (non-hydrogen) atoms. The van der Waals surface area contributed by atoms with Gasteiger partial charge in [0.15, 0.2) is 0 Å². The van der Waals surface area contributed by atoms with Gasteiger partial charge >= 0.3 is 0 Å². The smallest absolute Gasteiger partial charge is 0.256 e. The summed E-state index contributed by atoms with van der Waals surface area (Å²) < 4.78 is 1.70. The summed E-state index contributed by atoms with van der Waals surface area (Å²) in [7, 11) is 1.56. The Kier molecular flexibility index (Phi) is 9.53. The zero-order valence-corrected chi connectivity index (χ0v) is 28.5. The van der Waals surface area contributed by atoms with Gasteiger partial charge in [-0.3, -0.25) is 23.6 Å². The van der Waals surface area contributed by atoms with Crippen molar-refractivity contribution < 1.29 is 19.2 Å². The number of hydrogen-bond acceptors (Lipinski definition) is 6. The molecule has 7 rings (SSSR count). The molecule has 3 N–H and O–H groups in total. The van der Waals surface area contributed by atoms with E-state index in [0.717, 1.165) is 28.5 Å². The minimum Gasteiger partial charge on any atom is -0.361 e. The van der Waals surface area contributed by atoms with Gasteiger partial charge in [-0.25, -0.2) is 9.97 Å². The molecule has 3 aromatic heterocycles. The Labute approximate surface area is 294 Å². The first-order valence-corrected chi connectivity index (χ1v) is 17.3. The van der Waals surface area contributed by atoms with Gasteiger partial charge in [0.1, 0.15) is 6.04 Å². The molecule has 5 heterocycles. The second-order valence-corrected chi connectivity index (χ2v) is 13.7. The van der Waals surface area contributed by atoms with Gasteiger partial charge in [0.2, 0.25) is 23.5 Å². The van der Waals surface area contributed by atoms with E-state index >= 15 is 0 Å². The molecule has 12 nitrogen and oxygen atoms in total. The fourth-order valence-corrected chi connectivity index (χ4v) is 7.66. The maximum atomic E-state index is 14.2. The Hall–Kier alpha value is -5.23. The third-order valence-corrected chi connectivity index (χ3v) is 10.3. The lowest BCUT2D eigenvalue weighted by Crippen LogP contribution is -2.56. The Morgan fingerprint density at radius 2 is 1.84 bits per heavy atom. The van der Waals surface area contributed by atoms with Crippen molar-refractivity contribution >= 4 is 51.9 Å². The molecule has 2 aromatic carbocycles. The minimum atomic E-state index is -0.731. The van der Waals surface area contributed by atoms with Gasteiger partial charge in [0.25, 0.3) is 5.91 Å². The van der Waals surface area contributed by atoms with E-state index in [4.69, 9.17) is 11.6 Å². The monoisotopic (exact) mass is 694 g/mol. The summed E-state index contributed by atoms with van der Waals surface area (Å²) in [5, 5.41) is 7.24. The molecule has 5 aromatic rings. The second kappa shape index (κ2) is 14.3. The largest absolute Gasteiger partial charge is 0.361 e. The number of piperidine rings is 1. The zero-order chi connectivity index (χ0) is 34.8. The van der Waals surface area contributed by atoms with Crippen LogP contribution in [0.1, 0.15) is 34.3 Å². The highest BCUT2D eigenvalue weighted by Gasteiger charge is 2.48. The number of nitrogens with zero attached hydrogens (tertiary/aromatic N) is 5. The van der Waals surface area contributed by atoms with Crippen LogP contribution in [0.2, 0.25) is 5.02 Å². The van der Waals surface area contributed by atoms with Gasteiger partial charge in [-0.05, 0) is 54.4 Å². The third-order valence-electron chi connectivity index (χ3n) is 10.1. The molecular weight excluding hydrogens is 656 g/mol. The molecule has 2 aliphatic heterocycles. The highest BCUT2D eigenvalue weighted by atomic mass is 35.5. The molecule has 3 unspecified atom stereocenters. The van der Waals surface area contributed by atoms with Gasteiger partial charge in [-0.15, -0.1) is 0 Å². The maximum absolute atomic E-state index is 14.2. The molecular formula is C37H39ClN8O4. The summed E-state index contributed by atoms with van der Waals surface area (Å²) in [6.45, 7) is 1.35. The van der Waals surface area contributed by atoms with Crippen LogP contribution in [0.15, 0.2) is 79.5 Å². The van der Waals surface area contributed by atoms with E-state index in [1.54, 1.807) is 45.9 Å². The number of benzene rings is 2. The number of aryl methyl sites for hydroxylation is 1. The van der Waals surface area contributed by atoms with E-state index in [0.29, 0.717) is 48.8 Å². The molecule has 0 saturated carbocycles. The molecule has 0 radical (unpaired) electrons. The Morgan fingerprint density at radius 1 is 1.02 bits per heavy atom. The van der Waals surface area contributed by atoms with Crippen LogP contribution < -0.4 is 10.6 Å². The quantitative estimate of drug-likeness (QED) is 0.204. The van der Waals surface area contributed by atoms with Crippen molar-refractivity contribution in [3.63, 3.8) is 0 Å². The van der Waals surface area contributed by atoms with Crippen molar-refractivity contribution in [1.29, 1.82) is 0 Å². The number of carbonyl (C=O) groups excluding carboxylic acids is 4. The van der Waals surface area contributed by atoms with Crippen molar-refractivity contribution in [3.8, 4) is 0 Å². The summed E-state index contributed by atoms with van der Waals surface area (Å²) in [6, 6.07) is 14.8. The second-order valence-electron chi connectivity index (χ2n) is 13.3. The van der Waals surface area contributed by atoms with Crippen LogP contribution in [-0.2, 0) is 27.2 Å². The molecule has 0 spiro atoms. The average molecular weight is 695 g/mol. The summed E-state index contributed by atoms with van der Waals surface area (Å²) in [5.74, 6) is -1.31. The van der Waals surface area contributed by atoms with Gasteiger partial charge < -0.3 is 25.4 Å². The van der Waals surface area contributed by atoms with Crippen LogP contribution in [0.5, 0.6) is 0 Å². The highest BCUT2D eigenvalue weighted by molar-refractivity contribution is 6.31. The number of hydrogen-bond donors (Lipinski definition) is 3. The fraction of sp³-hybridized carbons (Fsp3) is 0.351. The minimum absolute atomic E-state index is 0.109. The Balaban J connectivity index is 1.10. The van der Waals surface area contributed by atoms with Crippen molar-refractivity contribution in [1.82, 2.24) is 39.8 Å². The van der Waals surface area contributed by atoms with Crippen molar-refractivity contribution in [3.05, 3.63) is 101 Å². The maximum Gasteiger partial charge on any atom is 0.256 e. The number of fused-ring (bicyclic) bond motifs is 3. The summed E-state index contributed by atoms with van der Waals surface area (Å²) >= 11 is 6.17. The number of halogens is 1. The number of aromatic amines is 1. The molecule has 258 valence electrons. The number of aromatic nitrogens is 4. The molecule has 13 heteroatoms. The van der Waals surface area contributed by atoms with Crippen LogP contribution >= 0.6 is 11.6 Å². The zero-order valence-electron chi connectivity index (χ0n) is 27.7. The lowest BCUT2D eigenvalue weighted by atomic mass is 9.79. The van der Waals surface area contributed by atoms with Crippen molar-refractivity contribution in [2.45, 2.75) is 31.7 Å². The lowest BCUT2D eigenvalue weighted by molar-refractivity contribution is -0.140. The first-order valence-electron chi connectivity index (χ1n) is 16.9. The summed E-state index contributed by atoms with van der Waals surface area (Å²) in [6.07, 6.45) is 10.5. The van der Waals surface area contributed by atoms with Crippen LogP contribution in [0, 0.1) is 17.8 Å². The fourth-order valence-electron chi connectivity index (χ4n) is 7.49. The number of amides is 4. The Bertz CT molecular complexity index is 2040. The molecule has 4 atom stereocenters. The van der Waals surface area contributed by atoms with E-state index in [-0.39, 0.29) is 48.4 Å². The van der Waals surface area contributed by atoms with E-state index in [1.165, 1.54) is 6.20 Å². The number of likely N-dealkylation sites (N-methyl/N-ethyl adjacent to an activating group) is 1. The average Bonchev–Trinajstić information content (AvgIpc) is 3.88. The van der Waals surface area contributed by atoms with Gasteiger partial charge in [-0.2, -0.15) is 0 Å². The van der Waals surface area contributed by atoms with Crippen LogP contribution in [0.3, 0.4) is 0 Å². The third kappa shape index (κ3) is 6.93. The van der Waals surface area contributed by atoms with Gasteiger partial charge in [-0.1, -0.05) is 48.0 Å². The normalized spacial score (nSPS) is 19.4. The number of nitrogens with one attached hydrogen (secondary N) is 3. The van der Waals surface area contributed by atoms with Crippen LogP contribution in [0.25, 0.3) is 16.7 Å². The van der Waals surface area contributed by atoms with E-state index in [2.05, 4.69) is 25.6 Å². The van der Waals surface area contributed by atoms with Gasteiger partial charge in [0, 0.05) is 80.1 Å². The first-order chi connectivity index (χ1) is 24.3. The van der Waals surface area contributed by atoms with E-state index < -0.39 is 12.0 Å². The predicted molar refractivity (Wildman–Crippen MR) is 188 cm³/mol. The van der Waals surface area contributed by atoms with Crippen molar-refractivity contribution in [2.24, 2.45) is 17.8 Å². The molecule has 2 fully saturated rings. The Morgan fingerprint density at radius 3 is 2.66 bits per heavy atom. The number of H-pyrrole nitrogens is 1. The number of imidazole rings is 1. The predicted octanol–water partition coefficient (Wildman–Crippen LogP) is 3.51. The van der Waals surface area contributed by atoms with Crippen LogP contribution in [0.4, 0.5) is 0 Å². The molecule has 2 saturated heterocycles. The summed E-state index contributed by atoms with van der Waals surface area (Å²) in [4.78, 5) is 70.0. The summed E-state index contributed by atoms with van der Waals surface area (Å²) in [5.41, 5.74) is 3.27. The highest BCUT2D eigenvalue weighted by Crippen LogP contribution is 2.37. The van der Waals surface area contributed by atoms with Gasteiger partial charge in [0.05, 0.1) is 17.9 Å². The van der Waals surface area contributed by atoms with Crippen molar-refractivity contribution in [2.75, 3.05) is 33.2 Å². The molecule has 0 aliphatic carbocycles. The molecule has 2 aliphatic rings. The molecule has 0 bridgehead atoms. The van der Waals surface area contributed by atoms with E-state index in [9.17, 15) is 19.2 Å².